The maximum absolute atomic E-state index is 10.3. The van der Waals surface area contributed by atoms with Gasteiger partial charge in [-0.1, -0.05) is 5.92 Å². The molecule has 0 spiro atoms. The Morgan fingerprint density at radius 2 is 2.25 bits per heavy atom. The molecule has 0 fully saturated rings. The molecule has 3 nitrogen and oxygen atoms in total. The zero-order valence-electron chi connectivity index (χ0n) is 7.72. The maximum atomic E-state index is 10.3. The van der Waals surface area contributed by atoms with Crippen molar-refractivity contribution in [1.29, 1.82) is 0 Å². The van der Waals surface area contributed by atoms with Crippen molar-refractivity contribution in [2.75, 3.05) is 0 Å². The summed E-state index contributed by atoms with van der Waals surface area (Å²) >= 11 is 0. The minimum atomic E-state index is -0.817. The number of hydrogen-bond acceptors (Lipinski definition) is 2. The van der Waals surface area contributed by atoms with Crippen molar-refractivity contribution in [3.63, 3.8) is 0 Å². The number of rotatable bonds is 4. The van der Waals surface area contributed by atoms with E-state index in [1.165, 1.54) is 0 Å². The molecule has 3 heteroatoms. The fraction of sp³-hybridized carbons (Fsp3) is 0.667. The highest BCUT2D eigenvalue weighted by Crippen LogP contribution is 2.03. The van der Waals surface area contributed by atoms with Crippen molar-refractivity contribution >= 4 is 5.97 Å². The molecule has 68 valence electrons. The van der Waals surface area contributed by atoms with Crippen molar-refractivity contribution in [1.82, 2.24) is 5.32 Å². The first-order chi connectivity index (χ1) is 5.37. The Morgan fingerprint density at radius 1 is 1.75 bits per heavy atom. The lowest BCUT2D eigenvalue weighted by Crippen LogP contribution is -2.44. The van der Waals surface area contributed by atoms with Crippen LogP contribution in [0.15, 0.2) is 0 Å². The van der Waals surface area contributed by atoms with Crippen LogP contribution in [0.25, 0.3) is 0 Å². The fourth-order valence-corrected chi connectivity index (χ4v) is 0.971. The Labute approximate surface area is 73.2 Å². The summed E-state index contributed by atoms with van der Waals surface area (Å²) in [4.78, 5) is 10.3. The van der Waals surface area contributed by atoms with E-state index in [4.69, 9.17) is 11.5 Å². The van der Waals surface area contributed by atoms with Crippen molar-refractivity contribution in [2.24, 2.45) is 0 Å². The molecule has 1 unspecified atom stereocenters. The summed E-state index contributed by atoms with van der Waals surface area (Å²) < 4.78 is 0. The van der Waals surface area contributed by atoms with Gasteiger partial charge in [-0.05, 0) is 20.8 Å². The van der Waals surface area contributed by atoms with Gasteiger partial charge < -0.3 is 5.11 Å². The Bertz CT molecular complexity index is 203. The number of nitrogens with one attached hydrogen (secondary N) is 1. The molecule has 2 N–H and O–H groups in total. The standard InChI is InChI=1S/C9H15NO2/c1-5-9(3,4)10-7(2)6-8(11)12/h1,7,10H,6H2,2-4H3,(H,11,12). The first-order valence-electron chi connectivity index (χ1n) is 3.84. The van der Waals surface area contributed by atoms with Gasteiger partial charge in [0, 0.05) is 6.04 Å². The SMILES string of the molecule is C#CC(C)(C)NC(C)CC(=O)O. The van der Waals surface area contributed by atoms with Crippen LogP contribution in [-0.4, -0.2) is 22.7 Å². The topological polar surface area (TPSA) is 49.3 Å². The van der Waals surface area contributed by atoms with Gasteiger partial charge in [0.1, 0.15) is 0 Å². The quantitative estimate of drug-likeness (QED) is 0.613. The van der Waals surface area contributed by atoms with E-state index in [9.17, 15) is 4.79 Å². The first kappa shape index (κ1) is 11.0. The van der Waals surface area contributed by atoms with Crippen LogP contribution < -0.4 is 5.32 Å². The molecule has 12 heavy (non-hydrogen) atoms. The number of hydrogen-bond donors (Lipinski definition) is 2. The van der Waals surface area contributed by atoms with Gasteiger partial charge in [-0.25, -0.2) is 0 Å². The van der Waals surface area contributed by atoms with Crippen LogP contribution in [0, 0.1) is 12.3 Å². The normalized spacial score (nSPS) is 13.5. The van der Waals surface area contributed by atoms with Crippen LogP contribution in [0.5, 0.6) is 0 Å². The molecule has 0 radical (unpaired) electrons. The molecule has 0 saturated heterocycles. The van der Waals surface area contributed by atoms with Gasteiger partial charge >= 0.3 is 5.97 Å². The van der Waals surface area contributed by atoms with Gasteiger partial charge in [0.2, 0.25) is 0 Å². The Morgan fingerprint density at radius 3 is 2.58 bits per heavy atom. The highest BCUT2D eigenvalue weighted by atomic mass is 16.4. The molecular weight excluding hydrogens is 154 g/mol. The Hall–Kier alpha value is -1.01. The molecule has 0 bridgehead atoms. The monoisotopic (exact) mass is 169 g/mol. The molecule has 0 amide bonds. The Kier molecular flexibility index (Phi) is 3.78. The van der Waals surface area contributed by atoms with Crippen molar-refractivity contribution < 1.29 is 9.90 Å². The molecular formula is C9H15NO2. The summed E-state index contributed by atoms with van der Waals surface area (Å²) in [5, 5.41) is 11.5. The molecule has 0 aliphatic carbocycles. The number of terminal acetylenes is 1. The van der Waals surface area contributed by atoms with Crippen LogP contribution in [0.1, 0.15) is 27.2 Å². The van der Waals surface area contributed by atoms with Gasteiger partial charge in [0.05, 0.1) is 12.0 Å². The lowest BCUT2D eigenvalue weighted by Gasteiger charge is -2.23. The van der Waals surface area contributed by atoms with Crippen molar-refractivity contribution in [3.05, 3.63) is 0 Å². The summed E-state index contributed by atoms with van der Waals surface area (Å²) in [6.07, 6.45) is 5.31. The molecule has 0 aromatic carbocycles. The second kappa shape index (κ2) is 4.13. The highest BCUT2D eigenvalue weighted by molar-refractivity contribution is 5.67. The van der Waals surface area contributed by atoms with E-state index in [1.807, 2.05) is 13.8 Å². The average molecular weight is 169 g/mol. The summed E-state index contributed by atoms with van der Waals surface area (Å²) in [5.74, 6) is 1.72. The lowest BCUT2D eigenvalue weighted by molar-refractivity contribution is -0.137. The minimum absolute atomic E-state index is 0.0884. The third-order valence-corrected chi connectivity index (χ3v) is 1.45. The van der Waals surface area contributed by atoms with Gasteiger partial charge in [0.15, 0.2) is 0 Å². The van der Waals surface area contributed by atoms with Crippen molar-refractivity contribution in [2.45, 2.75) is 38.8 Å². The predicted octanol–water partition coefficient (Wildman–Crippen LogP) is 0.851. The highest BCUT2D eigenvalue weighted by Gasteiger charge is 2.17. The van der Waals surface area contributed by atoms with E-state index in [0.29, 0.717) is 0 Å². The van der Waals surface area contributed by atoms with Gasteiger partial charge in [-0.2, -0.15) is 0 Å². The van der Waals surface area contributed by atoms with E-state index < -0.39 is 11.5 Å². The van der Waals surface area contributed by atoms with Gasteiger partial charge in [-0.3, -0.25) is 10.1 Å². The van der Waals surface area contributed by atoms with Crippen LogP contribution in [0.2, 0.25) is 0 Å². The summed E-state index contributed by atoms with van der Waals surface area (Å²) in [7, 11) is 0. The van der Waals surface area contributed by atoms with Crippen molar-refractivity contribution in [3.8, 4) is 12.3 Å². The third kappa shape index (κ3) is 4.75. The fourth-order valence-electron chi connectivity index (χ4n) is 0.971. The maximum Gasteiger partial charge on any atom is 0.304 e. The number of carboxylic acids is 1. The number of carbonyl (C=O) groups is 1. The first-order valence-corrected chi connectivity index (χ1v) is 3.84. The largest absolute Gasteiger partial charge is 0.481 e. The molecule has 0 aromatic heterocycles. The van der Waals surface area contributed by atoms with Crippen LogP contribution in [-0.2, 0) is 4.79 Å². The van der Waals surface area contributed by atoms with Gasteiger partial charge in [-0.15, -0.1) is 6.42 Å². The average Bonchev–Trinajstić information content (AvgIpc) is 1.84. The molecule has 0 saturated carbocycles. The van der Waals surface area contributed by atoms with E-state index >= 15 is 0 Å². The molecule has 0 aromatic rings. The second-order valence-corrected chi connectivity index (χ2v) is 3.41. The Balaban J connectivity index is 3.94. The summed E-state index contributed by atoms with van der Waals surface area (Å²) in [6, 6.07) is -0.103. The predicted molar refractivity (Wildman–Crippen MR) is 47.8 cm³/mol. The van der Waals surface area contributed by atoms with Crippen LogP contribution in [0.4, 0.5) is 0 Å². The number of aliphatic carboxylic acids is 1. The smallest absolute Gasteiger partial charge is 0.304 e. The number of carboxylic acid groups (broad SMARTS) is 1. The molecule has 0 aliphatic rings. The molecule has 0 aliphatic heterocycles. The molecule has 0 rings (SSSR count). The van der Waals surface area contributed by atoms with Crippen LogP contribution >= 0.6 is 0 Å². The molecule has 0 heterocycles. The summed E-state index contributed by atoms with van der Waals surface area (Å²) in [5.41, 5.74) is -0.436. The lowest BCUT2D eigenvalue weighted by atomic mass is 10.0. The van der Waals surface area contributed by atoms with Crippen LogP contribution in [0.3, 0.4) is 0 Å². The van der Waals surface area contributed by atoms with E-state index in [0.717, 1.165) is 0 Å². The minimum Gasteiger partial charge on any atom is -0.481 e. The van der Waals surface area contributed by atoms with Gasteiger partial charge in [0.25, 0.3) is 0 Å². The second-order valence-electron chi connectivity index (χ2n) is 3.41. The van der Waals surface area contributed by atoms with E-state index in [2.05, 4.69) is 11.2 Å². The zero-order valence-corrected chi connectivity index (χ0v) is 7.72. The third-order valence-electron chi connectivity index (χ3n) is 1.45. The zero-order chi connectivity index (χ0) is 9.78. The van der Waals surface area contributed by atoms with E-state index in [1.54, 1.807) is 6.92 Å². The van der Waals surface area contributed by atoms with E-state index in [-0.39, 0.29) is 12.5 Å². The summed E-state index contributed by atoms with van der Waals surface area (Å²) in [6.45, 7) is 5.48. The molecule has 1 atom stereocenters.